The molecule has 0 aliphatic carbocycles. The summed E-state index contributed by atoms with van der Waals surface area (Å²) in [5, 5.41) is 0. The molecule has 0 bridgehead atoms. The Morgan fingerprint density at radius 2 is 2.29 bits per heavy atom. The molecule has 0 aliphatic heterocycles. The molecule has 0 radical (unpaired) electrons. The van der Waals surface area contributed by atoms with E-state index in [9.17, 15) is 4.39 Å². The topological polar surface area (TPSA) is 17.8 Å². The van der Waals surface area contributed by atoms with Gasteiger partial charge >= 0.3 is 0 Å². The number of rotatable bonds is 5. The van der Waals surface area contributed by atoms with E-state index in [1.54, 1.807) is 25.4 Å². The summed E-state index contributed by atoms with van der Waals surface area (Å²) in [5.41, 5.74) is 1.58. The number of allylic oxidation sites excluding steroid dienone is 5. The lowest BCUT2D eigenvalue weighted by molar-refractivity contribution is 0.639. The van der Waals surface area contributed by atoms with Crippen LogP contribution in [-0.2, 0) is 6.54 Å². The highest BCUT2D eigenvalue weighted by Crippen LogP contribution is 2.15. The van der Waals surface area contributed by atoms with Crippen LogP contribution in [0.2, 0.25) is 0 Å². The minimum absolute atomic E-state index is 0.248. The fraction of sp³-hybridized carbons (Fsp3) is 0.357. The molecular formula is C14H19FN2. The summed E-state index contributed by atoms with van der Waals surface area (Å²) in [6.07, 6.45) is 8.33. The van der Waals surface area contributed by atoms with Crippen LogP contribution in [0.1, 0.15) is 32.4 Å². The molecule has 1 rings (SSSR count). The molecule has 0 saturated carbocycles. The van der Waals surface area contributed by atoms with Gasteiger partial charge in [-0.15, -0.1) is 0 Å². The maximum Gasteiger partial charge on any atom is 0.127 e. The molecule has 92 valence electrons. The molecular weight excluding hydrogens is 215 g/mol. The number of imidazole rings is 1. The van der Waals surface area contributed by atoms with E-state index in [4.69, 9.17) is 0 Å². The number of hydrogen-bond acceptors (Lipinski definition) is 1. The standard InChI is InChI=1S/C14H19FN2/c1-5-7-13(15)12(6-2)8-17-9-14(11(3)4)16-10-17/h5-7,9-11H,2,8H2,1,3-4H3/b7-5-,13-12-. The predicted octanol–water partition coefficient (Wildman–Crippen LogP) is 3.99. The third kappa shape index (κ3) is 3.70. The first-order valence-corrected chi connectivity index (χ1v) is 5.74. The molecule has 1 heterocycles. The highest BCUT2D eigenvalue weighted by Gasteiger charge is 2.05. The fourth-order valence-electron chi connectivity index (χ4n) is 1.45. The highest BCUT2D eigenvalue weighted by molar-refractivity contribution is 5.27. The van der Waals surface area contributed by atoms with Crippen molar-refractivity contribution >= 4 is 0 Å². The molecule has 0 amide bonds. The van der Waals surface area contributed by atoms with Crippen molar-refractivity contribution in [2.24, 2.45) is 0 Å². The molecule has 0 atom stereocenters. The Hall–Kier alpha value is -1.64. The number of nitrogens with zero attached hydrogens (tertiary/aromatic N) is 2. The van der Waals surface area contributed by atoms with Crippen molar-refractivity contribution in [1.82, 2.24) is 9.55 Å². The van der Waals surface area contributed by atoms with Crippen LogP contribution >= 0.6 is 0 Å². The maximum atomic E-state index is 13.6. The van der Waals surface area contributed by atoms with Crippen LogP contribution in [-0.4, -0.2) is 9.55 Å². The van der Waals surface area contributed by atoms with Crippen LogP contribution < -0.4 is 0 Å². The van der Waals surface area contributed by atoms with E-state index in [-0.39, 0.29) is 5.83 Å². The molecule has 2 nitrogen and oxygen atoms in total. The van der Waals surface area contributed by atoms with Gasteiger partial charge in [-0.05, 0) is 18.9 Å². The van der Waals surface area contributed by atoms with E-state index in [1.807, 2.05) is 10.8 Å². The maximum absolute atomic E-state index is 13.6. The van der Waals surface area contributed by atoms with E-state index in [2.05, 4.69) is 25.4 Å². The smallest absolute Gasteiger partial charge is 0.127 e. The van der Waals surface area contributed by atoms with Gasteiger partial charge in [0, 0.05) is 11.8 Å². The second-order valence-electron chi connectivity index (χ2n) is 4.20. The van der Waals surface area contributed by atoms with Crippen LogP contribution in [0.4, 0.5) is 4.39 Å². The average molecular weight is 234 g/mol. The van der Waals surface area contributed by atoms with Crippen molar-refractivity contribution in [3.8, 4) is 0 Å². The van der Waals surface area contributed by atoms with Crippen LogP contribution in [0, 0.1) is 0 Å². The lowest BCUT2D eigenvalue weighted by Crippen LogP contribution is -1.98. The Morgan fingerprint density at radius 1 is 1.59 bits per heavy atom. The summed E-state index contributed by atoms with van der Waals surface area (Å²) < 4.78 is 15.5. The van der Waals surface area contributed by atoms with Crippen molar-refractivity contribution in [3.05, 3.63) is 54.4 Å². The molecule has 0 aromatic carbocycles. The lowest BCUT2D eigenvalue weighted by Gasteiger charge is -2.04. The first kappa shape index (κ1) is 13.4. The van der Waals surface area contributed by atoms with Gasteiger partial charge in [0.15, 0.2) is 0 Å². The van der Waals surface area contributed by atoms with Gasteiger partial charge < -0.3 is 4.57 Å². The van der Waals surface area contributed by atoms with Crippen LogP contribution in [0.5, 0.6) is 0 Å². The van der Waals surface area contributed by atoms with Gasteiger partial charge in [-0.3, -0.25) is 0 Å². The minimum Gasteiger partial charge on any atom is -0.333 e. The summed E-state index contributed by atoms with van der Waals surface area (Å²) in [6, 6.07) is 0. The van der Waals surface area contributed by atoms with Crippen LogP contribution in [0.3, 0.4) is 0 Å². The van der Waals surface area contributed by atoms with Crippen molar-refractivity contribution in [3.63, 3.8) is 0 Å². The molecule has 0 N–H and O–H groups in total. The Bertz CT molecular complexity index is 439. The molecule has 17 heavy (non-hydrogen) atoms. The third-order valence-corrected chi connectivity index (χ3v) is 2.46. The minimum atomic E-state index is -0.248. The van der Waals surface area contributed by atoms with Gasteiger partial charge in [-0.1, -0.05) is 32.6 Å². The Labute approximate surface area is 102 Å². The Balaban J connectivity index is 2.88. The predicted molar refractivity (Wildman–Crippen MR) is 69.5 cm³/mol. The van der Waals surface area contributed by atoms with E-state index in [1.165, 1.54) is 6.08 Å². The fourth-order valence-corrected chi connectivity index (χ4v) is 1.45. The van der Waals surface area contributed by atoms with E-state index >= 15 is 0 Å². The van der Waals surface area contributed by atoms with Crippen molar-refractivity contribution in [2.75, 3.05) is 0 Å². The molecule has 1 aromatic rings. The summed E-state index contributed by atoms with van der Waals surface area (Å²) in [4.78, 5) is 4.27. The second-order valence-corrected chi connectivity index (χ2v) is 4.20. The highest BCUT2D eigenvalue weighted by atomic mass is 19.1. The second kappa shape index (κ2) is 6.18. The summed E-state index contributed by atoms with van der Waals surface area (Å²) in [5.74, 6) is 0.134. The normalized spacial score (nSPS) is 13.2. The SMILES string of the molecule is C=C/C(Cn1cnc(C(C)C)c1)=C(F)\C=C/C. The first-order chi connectivity index (χ1) is 8.08. The van der Waals surface area contributed by atoms with Gasteiger partial charge in [0.25, 0.3) is 0 Å². The van der Waals surface area contributed by atoms with E-state index in [0.717, 1.165) is 5.69 Å². The lowest BCUT2D eigenvalue weighted by atomic mass is 10.1. The average Bonchev–Trinajstić information content (AvgIpc) is 2.74. The van der Waals surface area contributed by atoms with Crippen molar-refractivity contribution < 1.29 is 4.39 Å². The zero-order valence-corrected chi connectivity index (χ0v) is 10.7. The van der Waals surface area contributed by atoms with Crippen LogP contribution in [0.25, 0.3) is 0 Å². The zero-order chi connectivity index (χ0) is 12.8. The van der Waals surface area contributed by atoms with Gasteiger partial charge in [0.2, 0.25) is 0 Å². The Kier molecular flexibility index (Phi) is 4.88. The molecule has 1 aromatic heterocycles. The number of hydrogen-bond donors (Lipinski definition) is 0. The third-order valence-electron chi connectivity index (χ3n) is 2.46. The molecule has 0 fully saturated rings. The van der Waals surface area contributed by atoms with Gasteiger partial charge in [-0.2, -0.15) is 0 Å². The quantitative estimate of drug-likeness (QED) is 0.704. The largest absolute Gasteiger partial charge is 0.333 e. The van der Waals surface area contributed by atoms with Crippen molar-refractivity contribution in [2.45, 2.75) is 33.2 Å². The van der Waals surface area contributed by atoms with E-state index in [0.29, 0.717) is 18.0 Å². The first-order valence-electron chi connectivity index (χ1n) is 5.74. The van der Waals surface area contributed by atoms with Crippen molar-refractivity contribution in [1.29, 1.82) is 0 Å². The summed E-state index contributed by atoms with van der Waals surface area (Å²) >= 11 is 0. The summed E-state index contributed by atoms with van der Waals surface area (Å²) in [7, 11) is 0. The monoisotopic (exact) mass is 234 g/mol. The Morgan fingerprint density at radius 3 is 2.76 bits per heavy atom. The van der Waals surface area contributed by atoms with Gasteiger partial charge in [0.1, 0.15) is 5.83 Å². The zero-order valence-electron chi connectivity index (χ0n) is 10.7. The number of halogens is 1. The molecule has 0 unspecified atom stereocenters. The van der Waals surface area contributed by atoms with Crippen LogP contribution in [0.15, 0.2) is 48.7 Å². The van der Waals surface area contributed by atoms with Gasteiger partial charge in [0.05, 0.1) is 18.6 Å². The summed E-state index contributed by atoms with van der Waals surface area (Å²) in [6.45, 7) is 10.0. The molecule has 3 heteroatoms. The molecule has 0 spiro atoms. The molecule has 0 aliphatic rings. The van der Waals surface area contributed by atoms with E-state index < -0.39 is 0 Å². The molecule has 0 saturated heterocycles. The van der Waals surface area contributed by atoms with Gasteiger partial charge in [-0.25, -0.2) is 9.37 Å². The number of aromatic nitrogens is 2.